The maximum Gasteiger partial charge on any atom is 0.445 e. The summed E-state index contributed by atoms with van der Waals surface area (Å²) in [5, 5.41) is 13.1. The molecule has 8 heteroatoms. The number of ether oxygens (including phenoxy) is 1. The molecule has 2 amide bonds. The lowest BCUT2D eigenvalue weighted by molar-refractivity contribution is -0.929. The van der Waals surface area contributed by atoms with E-state index in [9.17, 15) is 9.90 Å². The van der Waals surface area contributed by atoms with Crippen molar-refractivity contribution in [2.24, 2.45) is 4.99 Å². The number of anilines is 1. The van der Waals surface area contributed by atoms with Crippen molar-refractivity contribution in [3.8, 4) is 0 Å². The van der Waals surface area contributed by atoms with Gasteiger partial charge in [0.05, 0.1) is 20.3 Å². The molecule has 1 fully saturated rings. The monoisotopic (exact) mass is 446 g/mol. The quantitative estimate of drug-likeness (QED) is 0.551. The zero-order valence-electron chi connectivity index (χ0n) is 15.6. The molecule has 2 N–H and O–H groups in total. The predicted molar refractivity (Wildman–Crippen MR) is 113 cm³/mol. The van der Waals surface area contributed by atoms with Crippen LogP contribution in [0.5, 0.6) is 0 Å². The van der Waals surface area contributed by atoms with Crippen LogP contribution in [0.2, 0.25) is 0 Å². The fourth-order valence-electron chi connectivity index (χ4n) is 3.58. The third-order valence-electron chi connectivity index (χ3n) is 5.31. The van der Waals surface area contributed by atoms with Gasteiger partial charge in [-0.3, -0.25) is 5.32 Å². The van der Waals surface area contributed by atoms with Gasteiger partial charge in [0, 0.05) is 17.3 Å². The van der Waals surface area contributed by atoms with Gasteiger partial charge in [-0.15, -0.1) is 0 Å². The van der Waals surface area contributed by atoms with Crippen molar-refractivity contribution < 1.29 is 19.1 Å². The van der Waals surface area contributed by atoms with Gasteiger partial charge in [0.15, 0.2) is 5.69 Å². The molecule has 0 radical (unpaired) electrons. The van der Waals surface area contributed by atoms with Crippen LogP contribution in [0, 0.1) is 0 Å². The molecule has 4 rings (SSSR count). The zero-order chi connectivity index (χ0) is 19.8. The second-order valence-corrected chi connectivity index (χ2v) is 8.52. The Balaban J connectivity index is 1.48. The van der Waals surface area contributed by atoms with E-state index in [1.165, 1.54) is 5.56 Å². The minimum atomic E-state index is -0.583. The van der Waals surface area contributed by atoms with Gasteiger partial charge in [-0.25, -0.2) is 4.79 Å². The fraction of sp³-hybridized carbons (Fsp3) is 0.300. The lowest BCUT2D eigenvalue weighted by atomic mass is 10.1. The first-order valence-corrected chi connectivity index (χ1v) is 9.90. The van der Waals surface area contributed by atoms with Gasteiger partial charge >= 0.3 is 12.1 Å². The van der Waals surface area contributed by atoms with Crippen LogP contribution in [0.1, 0.15) is 5.56 Å². The number of amides is 2. The number of fused-ring (bicyclic) bond motifs is 1. The molecule has 2 heterocycles. The van der Waals surface area contributed by atoms with Crippen LogP contribution in [0.25, 0.3) is 0 Å². The maximum atomic E-state index is 12.9. The van der Waals surface area contributed by atoms with Gasteiger partial charge in [-0.1, -0.05) is 27.8 Å². The number of amidine groups is 1. The number of aliphatic imine (C=N–C) groups is 1. The van der Waals surface area contributed by atoms with E-state index in [1.807, 2.05) is 30.3 Å². The Bertz CT molecular complexity index is 925. The van der Waals surface area contributed by atoms with Crippen LogP contribution in [-0.2, 0) is 11.3 Å². The normalized spacial score (nSPS) is 23.0. The second kappa shape index (κ2) is 7.29. The second-order valence-electron chi connectivity index (χ2n) is 7.45. The Labute approximate surface area is 172 Å². The van der Waals surface area contributed by atoms with E-state index in [4.69, 9.17) is 4.74 Å². The van der Waals surface area contributed by atoms with Crippen LogP contribution in [0.4, 0.5) is 21.9 Å². The number of aliphatic hydroxyl groups excluding tert-OH is 1. The SMILES string of the molecule is C[N+]1(Cc2ccc(NC(=O)[N+]3(Br)C(O)=Nc4ccccc43)cc2)CCOCC1. The lowest BCUT2D eigenvalue weighted by Gasteiger charge is -2.37. The standard InChI is InChI=1S/C20H21BrN4O3/c1-24(10-12-28-13-11-24)14-15-6-8-16(9-7-15)22-19(26)25(21)18-5-3-2-4-17(18)23-20(25)27/h2-9H,10-14H2,1H3/p+2. The number of rotatable bonds is 3. The van der Waals surface area contributed by atoms with Gasteiger partial charge < -0.3 is 14.3 Å². The zero-order valence-corrected chi connectivity index (χ0v) is 17.2. The summed E-state index contributed by atoms with van der Waals surface area (Å²) in [7, 11) is 2.24. The van der Waals surface area contributed by atoms with Gasteiger partial charge in [-0.05, 0) is 18.2 Å². The molecule has 146 valence electrons. The molecule has 0 aliphatic carbocycles. The van der Waals surface area contributed by atoms with Crippen molar-refractivity contribution in [2.75, 3.05) is 38.7 Å². The third-order valence-corrected chi connectivity index (χ3v) is 6.33. The first-order chi connectivity index (χ1) is 13.4. The Morgan fingerprint density at radius 2 is 1.86 bits per heavy atom. The molecule has 1 unspecified atom stereocenters. The number of aliphatic hydroxyl groups is 1. The van der Waals surface area contributed by atoms with E-state index in [2.05, 4.69) is 33.5 Å². The minimum Gasteiger partial charge on any atom is -0.451 e. The first kappa shape index (κ1) is 19.1. The number of urea groups is 1. The highest BCUT2D eigenvalue weighted by molar-refractivity contribution is 9.09. The number of hydrogen-bond acceptors (Lipinski definition) is 3. The van der Waals surface area contributed by atoms with Gasteiger partial charge in [-0.2, -0.15) is 4.99 Å². The molecule has 0 spiro atoms. The molecule has 7 nitrogen and oxygen atoms in total. The van der Waals surface area contributed by atoms with E-state index < -0.39 is 9.54 Å². The number of morpholine rings is 1. The number of hydrogen-bond donors (Lipinski definition) is 2. The number of halogens is 1. The summed E-state index contributed by atoms with van der Waals surface area (Å²) >= 11 is 3.35. The molecule has 0 saturated carbocycles. The molecule has 0 aromatic heterocycles. The first-order valence-electron chi connectivity index (χ1n) is 9.19. The fourth-order valence-corrected chi connectivity index (χ4v) is 4.05. The number of carbonyl (C=O) groups is 1. The highest BCUT2D eigenvalue weighted by Crippen LogP contribution is 2.43. The van der Waals surface area contributed by atoms with E-state index >= 15 is 0 Å². The molecular weight excluding hydrogens is 424 g/mol. The number of nitrogens with one attached hydrogen (secondary N) is 1. The summed E-state index contributed by atoms with van der Waals surface area (Å²) in [6.07, 6.45) is 0. The van der Waals surface area contributed by atoms with Crippen molar-refractivity contribution in [2.45, 2.75) is 6.54 Å². The average molecular weight is 447 g/mol. The molecule has 2 aromatic rings. The van der Waals surface area contributed by atoms with E-state index in [1.54, 1.807) is 18.2 Å². The highest BCUT2D eigenvalue weighted by atomic mass is 79.9. The number of nitrogens with zero attached hydrogens (tertiary/aromatic N) is 3. The van der Waals surface area contributed by atoms with Crippen molar-refractivity contribution in [1.82, 2.24) is 3.51 Å². The maximum absolute atomic E-state index is 12.9. The van der Waals surface area contributed by atoms with E-state index in [0.29, 0.717) is 17.1 Å². The topological polar surface area (TPSA) is 70.9 Å². The average Bonchev–Trinajstić information content (AvgIpc) is 2.95. The summed E-state index contributed by atoms with van der Waals surface area (Å²) in [6.45, 7) is 4.52. The largest absolute Gasteiger partial charge is 0.451 e. The highest BCUT2D eigenvalue weighted by Gasteiger charge is 2.51. The van der Waals surface area contributed by atoms with Crippen LogP contribution in [0.3, 0.4) is 0 Å². The van der Waals surface area contributed by atoms with Crippen molar-refractivity contribution >= 4 is 45.3 Å². The Morgan fingerprint density at radius 3 is 2.57 bits per heavy atom. The van der Waals surface area contributed by atoms with Crippen LogP contribution in [-0.4, -0.2) is 55.0 Å². The molecule has 2 aliphatic rings. The molecule has 2 aliphatic heterocycles. The summed E-state index contributed by atoms with van der Waals surface area (Å²) in [6, 6.07) is 14.2. The van der Waals surface area contributed by atoms with Gasteiger partial charge in [0.2, 0.25) is 0 Å². The molecular formula is C20H23BrN4O3+2. The summed E-state index contributed by atoms with van der Waals surface area (Å²) in [5.41, 5.74) is 3.00. The Morgan fingerprint density at radius 1 is 1.18 bits per heavy atom. The Hall–Kier alpha value is -2.26. The molecule has 0 bridgehead atoms. The van der Waals surface area contributed by atoms with Crippen molar-refractivity contribution in [1.29, 1.82) is 0 Å². The number of quaternary nitrogens is 2. The number of likely N-dealkylation sites (N-methyl/N-ethyl adjacent to an activating group) is 1. The lowest BCUT2D eigenvalue weighted by Crippen LogP contribution is -2.51. The number of carbonyl (C=O) groups excluding carboxylic acids is 1. The van der Waals surface area contributed by atoms with Crippen LogP contribution in [0.15, 0.2) is 53.5 Å². The molecule has 28 heavy (non-hydrogen) atoms. The van der Waals surface area contributed by atoms with Crippen LogP contribution < -0.4 is 8.83 Å². The van der Waals surface area contributed by atoms with E-state index in [0.717, 1.165) is 37.3 Å². The third kappa shape index (κ3) is 3.44. The van der Waals surface area contributed by atoms with E-state index in [-0.39, 0.29) is 6.02 Å². The summed E-state index contributed by atoms with van der Waals surface area (Å²) in [4.78, 5) is 17.0. The van der Waals surface area contributed by atoms with Crippen LogP contribution >= 0.6 is 16.1 Å². The van der Waals surface area contributed by atoms with Crippen molar-refractivity contribution in [3.63, 3.8) is 0 Å². The van der Waals surface area contributed by atoms with Gasteiger partial charge in [0.1, 0.15) is 25.3 Å². The van der Waals surface area contributed by atoms with Crippen molar-refractivity contribution in [3.05, 3.63) is 54.1 Å². The number of para-hydroxylation sites is 2. The summed E-state index contributed by atoms with van der Waals surface area (Å²) in [5.74, 6) is 0. The number of benzene rings is 2. The molecule has 2 aromatic carbocycles. The molecule has 1 atom stereocenters. The summed E-state index contributed by atoms with van der Waals surface area (Å²) < 4.78 is 5.83. The predicted octanol–water partition coefficient (Wildman–Crippen LogP) is 4.07. The smallest absolute Gasteiger partial charge is 0.445 e. The minimum absolute atomic E-state index is 0.319. The van der Waals surface area contributed by atoms with Gasteiger partial charge in [0.25, 0.3) is 16.1 Å². The Kier molecular flexibility index (Phi) is 4.96. The molecule has 1 saturated heterocycles.